The monoisotopic (exact) mass is 510 g/mol. The molecule has 0 N–H and O–H groups in total. The van der Waals surface area contributed by atoms with Crippen LogP contribution in [0, 0.1) is 11.8 Å². The molecule has 0 saturated carbocycles. The minimum atomic E-state index is -1.39. The summed E-state index contributed by atoms with van der Waals surface area (Å²) in [7, 11) is 0. The van der Waals surface area contributed by atoms with Crippen LogP contribution in [0.4, 0.5) is 11.4 Å². The molecule has 11 heteroatoms. The fraction of sp³-hybridized carbons (Fsp3) is 0.280. The highest BCUT2D eigenvalue weighted by Gasteiger charge is 2.54. The van der Waals surface area contributed by atoms with Gasteiger partial charge in [0, 0.05) is 0 Å². The molecule has 0 bridgehead atoms. The van der Waals surface area contributed by atoms with Crippen molar-refractivity contribution in [3.63, 3.8) is 0 Å². The number of para-hydroxylation sites is 2. The van der Waals surface area contributed by atoms with E-state index in [0.717, 1.165) is 10.0 Å². The first-order chi connectivity index (χ1) is 17.4. The molecule has 2 aliphatic heterocycles. The number of alkyl halides is 1. The Kier molecular flexibility index (Phi) is 7.44. The molecule has 2 aromatic rings. The van der Waals surface area contributed by atoms with E-state index in [9.17, 15) is 19.2 Å². The number of carbonyl (C=O) groups is 4. The molecule has 10 nitrogen and oxygen atoms in total. The molecular weight excluding hydrogens is 488 g/mol. The third-order valence-electron chi connectivity index (χ3n) is 5.56. The summed E-state index contributed by atoms with van der Waals surface area (Å²) in [5.41, 5.74) is 0.275. The molecule has 2 atom stereocenters. The number of hydrazone groups is 2. The first-order valence-electron chi connectivity index (χ1n) is 11.3. The van der Waals surface area contributed by atoms with E-state index in [1.807, 2.05) is 0 Å². The largest absolute Gasteiger partial charge is 0.461 e. The molecule has 2 aromatic carbocycles. The van der Waals surface area contributed by atoms with Gasteiger partial charge in [-0.3, -0.25) is 9.59 Å². The Balaban J connectivity index is 1.74. The topological polar surface area (TPSA) is 118 Å². The van der Waals surface area contributed by atoms with Gasteiger partial charge < -0.3 is 9.47 Å². The van der Waals surface area contributed by atoms with Crippen LogP contribution in [0.2, 0.25) is 0 Å². The van der Waals surface area contributed by atoms with Gasteiger partial charge in [0.2, 0.25) is 0 Å². The zero-order valence-corrected chi connectivity index (χ0v) is 20.3. The number of carbonyl (C=O) groups excluding carboxylic acids is 4. The Morgan fingerprint density at radius 2 is 1.14 bits per heavy atom. The summed E-state index contributed by atoms with van der Waals surface area (Å²) in [4.78, 5) is 52.6. The molecule has 2 heterocycles. The maximum absolute atomic E-state index is 13.5. The van der Waals surface area contributed by atoms with Crippen molar-refractivity contribution in [2.45, 2.75) is 19.2 Å². The Bertz CT molecular complexity index is 1140. The average Bonchev–Trinajstić information content (AvgIpc) is 3.42. The number of halogens is 1. The highest BCUT2D eigenvalue weighted by molar-refractivity contribution is 6.50. The normalized spacial score (nSPS) is 20.2. The number of amides is 2. The zero-order valence-electron chi connectivity index (χ0n) is 19.5. The van der Waals surface area contributed by atoms with Gasteiger partial charge in [-0.2, -0.15) is 20.2 Å². The molecule has 0 radical (unpaired) electrons. The average molecular weight is 511 g/mol. The predicted octanol–water partition coefficient (Wildman–Crippen LogP) is 2.76. The summed E-state index contributed by atoms with van der Waals surface area (Å²) < 4.78 is 10.2. The number of hydrogen-bond acceptors (Lipinski definition) is 8. The van der Waals surface area contributed by atoms with Crippen LogP contribution in [0.25, 0.3) is 0 Å². The first-order valence-corrected chi connectivity index (χ1v) is 11.8. The van der Waals surface area contributed by atoms with Crippen molar-refractivity contribution in [2.24, 2.45) is 22.0 Å². The van der Waals surface area contributed by atoms with Crippen LogP contribution in [0.15, 0.2) is 70.9 Å². The van der Waals surface area contributed by atoms with Crippen molar-refractivity contribution in [1.82, 2.24) is 0 Å². The number of nitrogens with zero attached hydrogens (tertiary/aromatic N) is 4. The maximum atomic E-state index is 13.5. The summed E-state index contributed by atoms with van der Waals surface area (Å²) in [5.74, 6) is -5.73. The summed E-state index contributed by atoms with van der Waals surface area (Å²) in [6.07, 6.45) is 0. The first kappa shape index (κ1) is 25.1. The van der Waals surface area contributed by atoms with E-state index in [4.69, 9.17) is 21.1 Å². The Morgan fingerprint density at radius 3 is 1.47 bits per heavy atom. The molecule has 36 heavy (non-hydrogen) atoms. The van der Waals surface area contributed by atoms with Gasteiger partial charge in [-0.15, -0.1) is 11.6 Å². The van der Waals surface area contributed by atoms with Crippen LogP contribution in [0.5, 0.6) is 0 Å². The molecular formula is C25H23ClN4O6. The molecule has 0 fully saturated rings. The number of anilines is 2. The molecule has 186 valence electrons. The molecule has 0 aliphatic carbocycles. The van der Waals surface area contributed by atoms with Crippen LogP contribution in [0.1, 0.15) is 13.8 Å². The third-order valence-corrected chi connectivity index (χ3v) is 6.07. The van der Waals surface area contributed by atoms with Crippen molar-refractivity contribution in [2.75, 3.05) is 23.2 Å². The minimum absolute atomic E-state index is 0.0384. The van der Waals surface area contributed by atoms with E-state index < -0.39 is 41.0 Å². The zero-order chi connectivity index (χ0) is 25.8. The lowest BCUT2D eigenvalue weighted by molar-refractivity contribution is -0.136. The Hall–Kier alpha value is -4.05. The quantitative estimate of drug-likeness (QED) is 0.398. The molecule has 2 aliphatic rings. The van der Waals surface area contributed by atoms with Gasteiger partial charge >= 0.3 is 11.9 Å². The van der Waals surface area contributed by atoms with Crippen molar-refractivity contribution in [1.29, 1.82) is 0 Å². The Labute approximate surface area is 212 Å². The number of hydrogen-bond donors (Lipinski definition) is 0. The summed E-state index contributed by atoms with van der Waals surface area (Å²) in [5, 5.41) is 9.10. The standard InChI is InChI=1S/C25H23ClN4O6/c1-3-35-24(33)20-17(22(31)29(27-20)15-11-7-5-8-12-15)19(26)18-21(25(34)36-4-2)28-30(23(18)32)16-13-9-6-10-14-16/h5-14,17-19H,3-4H2,1-2H3. The summed E-state index contributed by atoms with van der Waals surface area (Å²) >= 11 is 6.79. The van der Waals surface area contributed by atoms with E-state index >= 15 is 0 Å². The smallest absolute Gasteiger partial charge is 0.355 e. The second-order valence-electron chi connectivity index (χ2n) is 7.78. The third kappa shape index (κ3) is 4.59. The molecule has 0 aromatic heterocycles. The predicted molar refractivity (Wildman–Crippen MR) is 133 cm³/mol. The van der Waals surface area contributed by atoms with Crippen molar-refractivity contribution in [3.05, 3.63) is 60.7 Å². The van der Waals surface area contributed by atoms with Gasteiger partial charge in [-0.1, -0.05) is 36.4 Å². The summed E-state index contributed by atoms with van der Waals surface area (Å²) in [6.45, 7) is 3.30. The SMILES string of the molecule is CCOC(=O)C1=NN(c2ccccc2)C(=O)C1C(Cl)C1C(=O)N(c2ccccc2)N=C1C(=O)OCC. The lowest BCUT2D eigenvalue weighted by Crippen LogP contribution is -2.46. The van der Waals surface area contributed by atoms with Crippen molar-refractivity contribution < 1.29 is 28.7 Å². The number of rotatable bonds is 8. The number of ether oxygens (including phenoxy) is 2. The van der Waals surface area contributed by atoms with Crippen LogP contribution in [-0.4, -0.2) is 53.8 Å². The molecule has 0 saturated heterocycles. The molecule has 2 amide bonds. The molecule has 0 spiro atoms. The Morgan fingerprint density at radius 1 is 0.778 bits per heavy atom. The molecule has 4 rings (SSSR count). The number of benzene rings is 2. The lowest BCUT2D eigenvalue weighted by Gasteiger charge is -2.23. The van der Waals surface area contributed by atoms with Gasteiger partial charge in [-0.25, -0.2) is 9.59 Å². The second kappa shape index (κ2) is 10.7. The van der Waals surface area contributed by atoms with Crippen molar-refractivity contribution in [3.8, 4) is 0 Å². The van der Waals surface area contributed by atoms with E-state index in [-0.39, 0.29) is 24.6 Å². The lowest BCUT2D eigenvalue weighted by atomic mass is 9.86. The summed E-state index contributed by atoms with van der Waals surface area (Å²) in [6, 6.07) is 16.9. The van der Waals surface area contributed by atoms with E-state index in [2.05, 4.69) is 10.2 Å². The molecule has 2 unspecified atom stereocenters. The van der Waals surface area contributed by atoms with Gasteiger partial charge in [0.05, 0.1) is 30.0 Å². The van der Waals surface area contributed by atoms with E-state index in [1.165, 1.54) is 0 Å². The van der Waals surface area contributed by atoms with Crippen molar-refractivity contribution >= 4 is 58.2 Å². The number of esters is 2. The second-order valence-corrected chi connectivity index (χ2v) is 8.29. The highest BCUT2D eigenvalue weighted by Crippen LogP contribution is 2.36. The highest BCUT2D eigenvalue weighted by atomic mass is 35.5. The van der Waals surface area contributed by atoms with E-state index in [1.54, 1.807) is 74.5 Å². The van der Waals surface area contributed by atoms with Gasteiger partial charge in [-0.05, 0) is 38.1 Å². The van der Waals surface area contributed by atoms with Crippen LogP contribution in [-0.2, 0) is 28.7 Å². The maximum Gasteiger partial charge on any atom is 0.355 e. The van der Waals surface area contributed by atoms with Gasteiger partial charge in [0.15, 0.2) is 11.4 Å². The fourth-order valence-electron chi connectivity index (χ4n) is 3.96. The van der Waals surface area contributed by atoms with E-state index in [0.29, 0.717) is 11.4 Å². The van der Waals surface area contributed by atoms with Gasteiger partial charge in [0.1, 0.15) is 11.8 Å². The van der Waals surface area contributed by atoms with Crippen LogP contribution < -0.4 is 10.0 Å². The minimum Gasteiger partial charge on any atom is -0.461 e. The van der Waals surface area contributed by atoms with Crippen LogP contribution in [0.3, 0.4) is 0 Å². The van der Waals surface area contributed by atoms with Gasteiger partial charge in [0.25, 0.3) is 11.8 Å². The van der Waals surface area contributed by atoms with Crippen LogP contribution >= 0.6 is 11.6 Å². The fourth-order valence-corrected chi connectivity index (χ4v) is 4.41.